The van der Waals surface area contributed by atoms with Crippen molar-refractivity contribution in [3.63, 3.8) is 0 Å². The maximum Gasteiger partial charge on any atom is 0.263 e. The van der Waals surface area contributed by atoms with E-state index in [-0.39, 0.29) is 17.5 Å². The molecule has 5 N–H and O–H groups in total. The summed E-state index contributed by atoms with van der Waals surface area (Å²) in [5, 5.41) is 4.23. The number of alkyl halides is 2. The highest BCUT2D eigenvalue weighted by molar-refractivity contribution is 6.06. The van der Waals surface area contributed by atoms with Crippen LogP contribution in [0.5, 0.6) is 0 Å². The van der Waals surface area contributed by atoms with E-state index < -0.39 is 12.3 Å². The molecule has 10 heteroatoms. The lowest BCUT2D eigenvalue weighted by Gasteiger charge is -2.28. The van der Waals surface area contributed by atoms with E-state index >= 15 is 0 Å². The Bertz CT molecular complexity index is 1250. The molecule has 1 amide bonds. The zero-order chi connectivity index (χ0) is 27.4. The van der Waals surface area contributed by atoms with Crippen LogP contribution < -0.4 is 21.8 Å². The number of nitrogens with zero attached hydrogens (tertiary/aromatic N) is 4. The zero-order valence-electron chi connectivity index (χ0n) is 21.9. The maximum absolute atomic E-state index is 13.7. The molecule has 1 aromatic heterocycles. The van der Waals surface area contributed by atoms with Gasteiger partial charge in [0.05, 0.1) is 5.70 Å². The zero-order valence-corrected chi connectivity index (χ0v) is 21.9. The van der Waals surface area contributed by atoms with Gasteiger partial charge in [0.1, 0.15) is 0 Å². The van der Waals surface area contributed by atoms with Gasteiger partial charge in [0.25, 0.3) is 12.3 Å². The fourth-order valence-electron chi connectivity index (χ4n) is 4.78. The van der Waals surface area contributed by atoms with Gasteiger partial charge >= 0.3 is 0 Å². The average molecular weight is 524 g/mol. The molecule has 38 heavy (non-hydrogen) atoms. The molecule has 1 aliphatic carbocycles. The molecule has 0 saturated carbocycles. The summed E-state index contributed by atoms with van der Waals surface area (Å²) in [5.74, 6) is 5.95. The molecular formula is C28H35F2N7O. The first-order valence-corrected chi connectivity index (χ1v) is 12.6. The molecule has 8 nitrogen and oxygen atoms in total. The third kappa shape index (κ3) is 6.38. The third-order valence-electron chi connectivity index (χ3n) is 7.10. The topological polar surface area (TPSA) is 104 Å². The first kappa shape index (κ1) is 27.3. The predicted molar refractivity (Wildman–Crippen MR) is 147 cm³/mol. The third-order valence-corrected chi connectivity index (χ3v) is 7.10. The van der Waals surface area contributed by atoms with Crippen LogP contribution in [-0.4, -0.2) is 54.0 Å². The Morgan fingerprint density at radius 1 is 1.32 bits per heavy atom. The molecule has 1 saturated heterocycles. The Balaban J connectivity index is 1.53. The molecule has 2 heterocycles. The molecular weight excluding hydrogens is 488 g/mol. The number of likely N-dealkylation sites (N-methyl/N-ethyl adjacent to an activating group) is 2. The second kappa shape index (κ2) is 11.7. The van der Waals surface area contributed by atoms with Crippen LogP contribution in [0.15, 0.2) is 72.3 Å². The van der Waals surface area contributed by atoms with Gasteiger partial charge in [-0.05, 0) is 62.8 Å². The smallest absolute Gasteiger partial charge is 0.263 e. The van der Waals surface area contributed by atoms with Crippen LogP contribution in [0, 0.1) is 5.92 Å². The minimum atomic E-state index is -2.66. The number of allylic oxidation sites excluding steroid dienone is 2. The Labute approximate surface area is 222 Å². The van der Waals surface area contributed by atoms with E-state index in [9.17, 15) is 13.6 Å². The van der Waals surface area contributed by atoms with E-state index in [4.69, 9.17) is 11.6 Å². The molecule has 0 bridgehead atoms. The van der Waals surface area contributed by atoms with E-state index in [1.807, 2.05) is 38.1 Å². The standard InChI is InChI=1S/C28H35F2N7O/c1-18-6-7-19(13-26(18)37(32)17-25(31)20-5-4-9-33-15-20)28(38)34-22-11-21(27(29)30)12-24(14-22)36(3)23-8-10-35(2)16-23/h4-5,7,9,11-15,17-18,23,27H,6,8,10,16,31-32H2,1-3H3,(H,34,38)/b25-17-. The van der Waals surface area contributed by atoms with Gasteiger partial charge in [-0.3, -0.25) is 14.8 Å². The van der Waals surface area contributed by atoms with Crippen LogP contribution in [-0.2, 0) is 4.79 Å². The van der Waals surface area contributed by atoms with Crippen molar-refractivity contribution in [1.82, 2.24) is 14.9 Å². The Morgan fingerprint density at radius 2 is 2.11 bits per heavy atom. The summed E-state index contributed by atoms with van der Waals surface area (Å²) in [6, 6.07) is 8.38. The molecule has 1 aromatic carbocycles. The highest BCUT2D eigenvalue weighted by Crippen LogP contribution is 2.32. The second-order valence-corrected chi connectivity index (χ2v) is 9.98. The van der Waals surface area contributed by atoms with Crippen molar-refractivity contribution in [3.8, 4) is 0 Å². The predicted octanol–water partition coefficient (Wildman–Crippen LogP) is 4.08. The number of anilines is 2. The number of nitrogens with two attached hydrogens (primary N) is 2. The highest BCUT2D eigenvalue weighted by atomic mass is 19.3. The number of carbonyl (C=O) groups excluding carboxylic acids is 1. The molecule has 1 aliphatic heterocycles. The Kier molecular flexibility index (Phi) is 8.43. The van der Waals surface area contributed by atoms with Crippen molar-refractivity contribution < 1.29 is 13.6 Å². The summed E-state index contributed by atoms with van der Waals surface area (Å²) < 4.78 is 27.5. The van der Waals surface area contributed by atoms with Crippen molar-refractivity contribution >= 4 is 23.0 Å². The van der Waals surface area contributed by atoms with Gasteiger partial charge in [-0.15, -0.1) is 0 Å². The van der Waals surface area contributed by atoms with E-state index in [1.54, 1.807) is 36.8 Å². The van der Waals surface area contributed by atoms with Crippen LogP contribution in [0.3, 0.4) is 0 Å². The van der Waals surface area contributed by atoms with Gasteiger partial charge in [-0.2, -0.15) is 0 Å². The van der Waals surface area contributed by atoms with Gasteiger partial charge in [0.2, 0.25) is 0 Å². The molecule has 0 spiro atoms. The molecule has 0 radical (unpaired) electrons. The van der Waals surface area contributed by atoms with Crippen LogP contribution in [0.2, 0.25) is 0 Å². The minimum Gasteiger partial charge on any atom is -0.397 e. The molecule has 1 fully saturated rings. The van der Waals surface area contributed by atoms with E-state index in [0.29, 0.717) is 34.8 Å². The van der Waals surface area contributed by atoms with Crippen LogP contribution >= 0.6 is 0 Å². The highest BCUT2D eigenvalue weighted by Gasteiger charge is 2.25. The number of hydrogen-bond donors (Lipinski definition) is 3. The SMILES string of the molecule is CC1CC=C(C(=O)Nc2cc(C(F)F)cc(N(C)C3CCN(C)C3)c2)C=C1N(N)/C=C(\N)c1cccnc1. The number of halogens is 2. The summed E-state index contributed by atoms with van der Waals surface area (Å²) >= 11 is 0. The van der Waals surface area contributed by atoms with E-state index in [1.165, 1.54) is 17.1 Å². The number of amides is 1. The largest absolute Gasteiger partial charge is 0.397 e. The number of benzene rings is 1. The summed E-state index contributed by atoms with van der Waals surface area (Å²) in [6.07, 6.45) is 7.29. The van der Waals surface area contributed by atoms with E-state index in [2.05, 4.69) is 15.2 Å². The number of carbonyl (C=O) groups is 1. The minimum absolute atomic E-state index is 0.0430. The first-order valence-electron chi connectivity index (χ1n) is 12.6. The summed E-state index contributed by atoms with van der Waals surface area (Å²) in [7, 11) is 3.95. The second-order valence-electron chi connectivity index (χ2n) is 9.98. The number of hydrazine groups is 1. The summed E-state index contributed by atoms with van der Waals surface area (Å²) in [6.45, 7) is 3.81. The molecule has 2 atom stereocenters. The molecule has 2 aliphatic rings. The van der Waals surface area contributed by atoms with Crippen LogP contribution in [0.1, 0.15) is 37.3 Å². The lowest BCUT2D eigenvalue weighted by molar-refractivity contribution is -0.112. The number of aromatic nitrogens is 1. The van der Waals surface area contributed by atoms with Crippen LogP contribution in [0.25, 0.3) is 5.70 Å². The quantitative estimate of drug-likeness (QED) is 0.354. The number of hydrogen-bond acceptors (Lipinski definition) is 7. The first-order chi connectivity index (χ1) is 18.1. The average Bonchev–Trinajstić information content (AvgIpc) is 3.34. The Hall–Kier alpha value is -3.76. The van der Waals surface area contributed by atoms with Gasteiger partial charge in [0, 0.05) is 77.9 Å². The lowest BCUT2D eigenvalue weighted by Crippen LogP contribution is -2.33. The fourth-order valence-corrected chi connectivity index (χ4v) is 4.78. The number of likely N-dealkylation sites (tertiary alicyclic amines) is 1. The van der Waals surface area contributed by atoms with E-state index in [0.717, 1.165) is 25.1 Å². The van der Waals surface area contributed by atoms with Gasteiger partial charge in [0.15, 0.2) is 0 Å². The van der Waals surface area contributed by atoms with Crippen molar-refractivity contribution in [2.24, 2.45) is 17.5 Å². The van der Waals surface area contributed by atoms with Gasteiger partial charge in [-0.1, -0.05) is 13.0 Å². The van der Waals surface area contributed by atoms with Crippen LogP contribution in [0.4, 0.5) is 20.2 Å². The summed E-state index contributed by atoms with van der Waals surface area (Å²) in [5.41, 5.74) is 9.28. The molecule has 202 valence electrons. The van der Waals surface area contributed by atoms with Crippen molar-refractivity contribution in [2.75, 3.05) is 37.4 Å². The molecule has 2 unspecified atom stereocenters. The van der Waals surface area contributed by atoms with Crippen molar-refractivity contribution in [3.05, 3.63) is 83.5 Å². The fraction of sp³-hybridized carbons (Fsp3) is 0.357. The lowest BCUT2D eigenvalue weighted by atomic mass is 9.94. The normalized spacial score (nSPS) is 20.2. The number of nitrogens with one attached hydrogen (secondary N) is 1. The van der Waals surface area contributed by atoms with Gasteiger partial charge in [-0.25, -0.2) is 14.6 Å². The van der Waals surface area contributed by atoms with Gasteiger partial charge < -0.3 is 20.9 Å². The Morgan fingerprint density at radius 3 is 2.76 bits per heavy atom. The molecule has 2 aromatic rings. The number of rotatable bonds is 8. The maximum atomic E-state index is 13.7. The van der Waals surface area contributed by atoms with Crippen molar-refractivity contribution in [2.45, 2.75) is 32.2 Å². The number of pyridine rings is 1. The molecule has 4 rings (SSSR count). The van der Waals surface area contributed by atoms with Crippen molar-refractivity contribution in [1.29, 1.82) is 0 Å². The monoisotopic (exact) mass is 523 g/mol. The summed E-state index contributed by atoms with van der Waals surface area (Å²) in [4.78, 5) is 21.5.